The van der Waals surface area contributed by atoms with Gasteiger partial charge in [0.2, 0.25) is 0 Å². The van der Waals surface area contributed by atoms with Crippen LogP contribution in [0.1, 0.15) is 31.5 Å². The lowest BCUT2D eigenvalue weighted by atomic mass is 10.1. The van der Waals surface area contributed by atoms with E-state index in [2.05, 4.69) is 41.1 Å². The molecule has 0 bridgehead atoms. The van der Waals surface area contributed by atoms with Crippen LogP contribution in [0.5, 0.6) is 0 Å². The molecule has 0 radical (unpaired) electrons. The molecule has 2 atom stereocenters. The van der Waals surface area contributed by atoms with Gasteiger partial charge in [-0.25, -0.2) is 0 Å². The van der Waals surface area contributed by atoms with Gasteiger partial charge in [-0.1, -0.05) is 6.07 Å². The van der Waals surface area contributed by atoms with Crippen LogP contribution in [-0.2, 0) is 0 Å². The number of hydrogen-bond acceptors (Lipinski definition) is 3. The van der Waals surface area contributed by atoms with Gasteiger partial charge in [-0.2, -0.15) is 11.8 Å². The van der Waals surface area contributed by atoms with Crippen LogP contribution < -0.4 is 5.32 Å². The van der Waals surface area contributed by atoms with E-state index in [4.69, 9.17) is 0 Å². The Kier molecular flexibility index (Phi) is 4.03. The Balaban J connectivity index is 1.88. The van der Waals surface area contributed by atoms with E-state index in [1.54, 1.807) is 0 Å². The predicted octanol–water partition coefficient (Wildman–Crippen LogP) is 2.63. The average molecular weight is 222 g/mol. The zero-order valence-electron chi connectivity index (χ0n) is 9.15. The third kappa shape index (κ3) is 3.21. The van der Waals surface area contributed by atoms with Crippen molar-refractivity contribution < 1.29 is 0 Å². The van der Waals surface area contributed by atoms with E-state index in [0.29, 0.717) is 12.1 Å². The molecular weight excluding hydrogens is 204 g/mol. The summed E-state index contributed by atoms with van der Waals surface area (Å²) in [4.78, 5) is 4.37. The Morgan fingerprint density at radius 2 is 2.47 bits per heavy atom. The minimum atomic E-state index is 0.370. The molecule has 1 unspecified atom stereocenters. The maximum atomic E-state index is 4.37. The Morgan fingerprint density at radius 1 is 1.53 bits per heavy atom. The summed E-state index contributed by atoms with van der Waals surface area (Å²) in [6.45, 7) is 2.20. The quantitative estimate of drug-likeness (QED) is 0.851. The van der Waals surface area contributed by atoms with Gasteiger partial charge in [0.1, 0.15) is 0 Å². The number of nitrogens with zero attached hydrogens (tertiary/aromatic N) is 1. The van der Waals surface area contributed by atoms with Gasteiger partial charge in [-0.05, 0) is 37.7 Å². The Morgan fingerprint density at radius 3 is 3.13 bits per heavy atom. The molecule has 82 valence electrons. The highest BCUT2D eigenvalue weighted by molar-refractivity contribution is 7.99. The summed E-state index contributed by atoms with van der Waals surface area (Å²) in [5.41, 5.74) is 1.15. The maximum absolute atomic E-state index is 4.37. The highest BCUT2D eigenvalue weighted by Crippen LogP contribution is 2.19. The number of hydrogen-bond donors (Lipinski definition) is 1. The third-order valence-corrected chi connectivity index (χ3v) is 3.99. The van der Waals surface area contributed by atoms with E-state index in [1.807, 2.05) is 12.3 Å². The molecule has 1 aromatic rings. The molecule has 1 aliphatic heterocycles. The molecule has 0 spiro atoms. The monoisotopic (exact) mass is 222 g/mol. The summed E-state index contributed by atoms with van der Waals surface area (Å²) in [5.74, 6) is 2.58. The van der Waals surface area contributed by atoms with Crippen LogP contribution in [0.2, 0.25) is 0 Å². The van der Waals surface area contributed by atoms with Crippen LogP contribution in [0, 0.1) is 0 Å². The van der Waals surface area contributed by atoms with E-state index in [-0.39, 0.29) is 0 Å². The highest BCUT2D eigenvalue weighted by atomic mass is 32.2. The topological polar surface area (TPSA) is 24.9 Å². The van der Waals surface area contributed by atoms with Crippen molar-refractivity contribution in [3.63, 3.8) is 0 Å². The van der Waals surface area contributed by atoms with Crippen molar-refractivity contribution in [1.82, 2.24) is 10.3 Å². The zero-order valence-corrected chi connectivity index (χ0v) is 9.96. The van der Waals surface area contributed by atoms with Crippen LogP contribution in [0.15, 0.2) is 24.4 Å². The van der Waals surface area contributed by atoms with Gasteiger partial charge < -0.3 is 5.32 Å². The first-order valence-corrected chi connectivity index (χ1v) is 6.76. The van der Waals surface area contributed by atoms with E-state index < -0.39 is 0 Å². The van der Waals surface area contributed by atoms with Gasteiger partial charge in [-0.3, -0.25) is 4.98 Å². The molecule has 2 nitrogen and oxygen atoms in total. The molecule has 1 aromatic heterocycles. The van der Waals surface area contributed by atoms with Crippen LogP contribution in [0.4, 0.5) is 0 Å². The smallest absolute Gasteiger partial charge is 0.0570 e. The van der Waals surface area contributed by atoms with E-state index in [0.717, 1.165) is 5.69 Å². The lowest BCUT2D eigenvalue weighted by Crippen LogP contribution is -2.35. The Labute approximate surface area is 95.9 Å². The minimum Gasteiger partial charge on any atom is -0.305 e. The molecule has 0 aliphatic carbocycles. The normalized spacial score (nSPS) is 23.7. The second-order valence-corrected chi connectivity index (χ2v) is 5.21. The molecular formula is C12H18N2S. The van der Waals surface area contributed by atoms with Crippen LogP contribution in [0.25, 0.3) is 0 Å². The molecule has 0 aromatic carbocycles. The van der Waals surface area contributed by atoms with Gasteiger partial charge in [0.25, 0.3) is 0 Å². The zero-order chi connectivity index (χ0) is 10.5. The van der Waals surface area contributed by atoms with Crippen molar-refractivity contribution in [3.05, 3.63) is 30.1 Å². The standard InChI is InChI=1S/C12H18N2S/c1-10(12-6-2-3-7-13-12)14-11-5-4-8-15-9-11/h2-3,6-7,10-11,14H,4-5,8-9H2,1H3/t10-,11?/m0/s1. The molecule has 3 heteroatoms. The predicted molar refractivity (Wildman–Crippen MR) is 66.1 cm³/mol. The fourth-order valence-corrected chi connectivity index (χ4v) is 3.03. The molecule has 1 aliphatic rings. The number of nitrogens with one attached hydrogen (secondary N) is 1. The molecule has 1 N–H and O–H groups in total. The molecule has 15 heavy (non-hydrogen) atoms. The number of thioether (sulfide) groups is 1. The van der Waals surface area contributed by atoms with Gasteiger partial charge in [0, 0.05) is 24.0 Å². The summed E-state index contributed by atoms with van der Waals surface area (Å²) in [6, 6.07) is 7.15. The molecule has 0 saturated carbocycles. The molecule has 1 saturated heterocycles. The van der Waals surface area contributed by atoms with E-state index >= 15 is 0 Å². The van der Waals surface area contributed by atoms with Crippen molar-refractivity contribution in [2.24, 2.45) is 0 Å². The summed E-state index contributed by atoms with van der Waals surface area (Å²) >= 11 is 2.06. The first kappa shape index (κ1) is 11.0. The summed E-state index contributed by atoms with van der Waals surface area (Å²) < 4.78 is 0. The van der Waals surface area contributed by atoms with Crippen molar-refractivity contribution in [2.75, 3.05) is 11.5 Å². The second-order valence-electron chi connectivity index (χ2n) is 4.06. The number of aromatic nitrogens is 1. The Bertz CT molecular complexity index is 283. The fourth-order valence-electron chi connectivity index (χ4n) is 1.94. The van der Waals surface area contributed by atoms with Crippen LogP contribution in [0.3, 0.4) is 0 Å². The molecule has 1 fully saturated rings. The van der Waals surface area contributed by atoms with Crippen molar-refractivity contribution in [2.45, 2.75) is 31.8 Å². The highest BCUT2D eigenvalue weighted by Gasteiger charge is 2.16. The summed E-state index contributed by atoms with van der Waals surface area (Å²) in [5, 5.41) is 3.65. The SMILES string of the molecule is C[C@H](NC1CCCSC1)c1ccccn1. The summed E-state index contributed by atoms with van der Waals surface area (Å²) in [7, 11) is 0. The first-order chi connectivity index (χ1) is 7.36. The van der Waals surface area contributed by atoms with Crippen molar-refractivity contribution in [3.8, 4) is 0 Å². The third-order valence-electron chi connectivity index (χ3n) is 2.78. The lowest BCUT2D eigenvalue weighted by Gasteiger charge is -2.26. The van der Waals surface area contributed by atoms with Gasteiger partial charge in [0.15, 0.2) is 0 Å². The van der Waals surface area contributed by atoms with Gasteiger partial charge in [-0.15, -0.1) is 0 Å². The van der Waals surface area contributed by atoms with Gasteiger partial charge >= 0.3 is 0 Å². The second kappa shape index (κ2) is 5.52. The number of rotatable bonds is 3. The number of pyridine rings is 1. The minimum absolute atomic E-state index is 0.370. The molecule has 0 amide bonds. The first-order valence-electron chi connectivity index (χ1n) is 5.61. The van der Waals surface area contributed by atoms with Crippen LogP contribution in [-0.4, -0.2) is 22.5 Å². The lowest BCUT2D eigenvalue weighted by molar-refractivity contribution is 0.447. The van der Waals surface area contributed by atoms with Crippen LogP contribution >= 0.6 is 11.8 Å². The fraction of sp³-hybridized carbons (Fsp3) is 0.583. The largest absolute Gasteiger partial charge is 0.305 e. The van der Waals surface area contributed by atoms with Gasteiger partial charge in [0.05, 0.1) is 5.69 Å². The average Bonchev–Trinajstić information content (AvgIpc) is 2.31. The molecule has 2 heterocycles. The van der Waals surface area contributed by atoms with E-state index in [1.165, 1.54) is 24.3 Å². The van der Waals surface area contributed by atoms with Crippen molar-refractivity contribution >= 4 is 11.8 Å². The Hall–Kier alpha value is -0.540. The molecule has 2 rings (SSSR count). The summed E-state index contributed by atoms with van der Waals surface area (Å²) in [6.07, 6.45) is 4.52. The maximum Gasteiger partial charge on any atom is 0.0570 e. The van der Waals surface area contributed by atoms with Crippen molar-refractivity contribution in [1.29, 1.82) is 0 Å². The van der Waals surface area contributed by atoms with E-state index in [9.17, 15) is 0 Å².